The smallest absolute Gasteiger partial charge is 0.137 e. The predicted octanol–water partition coefficient (Wildman–Crippen LogP) is 4.89. The molecule has 0 saturated carbocycles. The van der Waals surface area contributed by atoms with Crippen molar-refractivity contribution in [2.75, 3.05) is 0 Å². The van der Waals surface area contributed by atoms with Gasteiger partial charge in [-0.1, -0.05) is 12.1 Å². The lowest BCUT2D eigenvalue weighted by Gasteiger charge is -2.31. The first kappa shape index (κ1) is 17.7. The van der Waals surface area contributed by atoms with Crippen molar-refractivity contribution >= 4 is 38.3 Å². The Balaban J connectivity index is 2.16. The number of benzene rings is 1. The van der Waals surface area contributed by atoms with E-state index in [2.05, 4.69) is 22.0 Å². The maximum Gasteiger partial charge on any atom is 0.137 e. The third-order valence-electron chi connectivity index (χ3n) is 3.85. The predicted molar refractivity (Wildman–Crippen MR) is 98.4 cm³/mol. The van der Waals surface area contributed by atoms with Crippen LogP contribution in [0.2, 0.25) is 0 Å². The molecule has 2 heterocycles. The molecule has 0 N–H and O–H groups in total. The number of nitrogens with zero attached hydrogens (tertiary/aromatic N) is 2. The number of halogens is 2. The van der Waals surface area contributed by atoms with Crippen molar-refractivity contribution in [2.45, 2.75) is 38.1 Å². The van der Waals surface area contributed by atoms with Gasteiger partial charge >= 0.3 is 0 Å². The highest BCUT2D eigenvalue weighted by Gasteiger charge is 2.41. The molecule has 2 aromatic rings. The molecule has 0 spiro atoms. The Hall–Kier alpha value is -1.07. The summed E-state index contributed by atoms with van der Waals surface area (Å²) in [6, 6.07) is 8.56. The van der Waals surface area contributed by atoms with E-state index in [1.165, 1.54) is 17.4 Å². The van der Waals surface area contributed by atoms with Gasteiger partial charge in [-0.2, -0.15) is 5.26 Å². The molecule has 0 radical (unpaired) electrons. The summed E-state index contributed by atoms with van der Waals surface area (Å²) >= 11 is 4.75. The zero-order valence-electron chi connectivity index (χ0n) is 13.5. The van der Waals surface area contributed by atoms with Crippen LogP contribution in [0.1, 0.15) is 47.7 Å². The number of rotatable bonds is 2. The second-order valence-corrected chi connectivity index (χ2v) is 10.7. The quantitative estimate of drug-likeness (QED) is 0.685. The van der Waals surface area contributed by atoms with Crippen LogP contribution in [0.25, 0.3) is 0 Å². The topological polar surface area (TPSA) is 44.1 Å². The molecule has 24 heavy (non-hydrogen) atoms. The zero-order chi connectivity index (χ0) is 17.6. The van der Waals surface area contributed by atoms with Gasteiger partial charge in [0.2, 0.25) is 0 Å². The van der Waals surface area contributed by atoms with Crippen LogP contribution in [-0.2, 0) is 17.5 Å². The molecule has 3 nitrogen and oxygen atoms in total. The number of thiophene rings is 1. The third-order valence-corrected chi connectivity index (χ3v) is 7.54. The summed E-state index contributed by atoms with van der Waals surface area (Å²) in [5.41, 5.74) is 1.68. The fourth-order valence-electron chi connectivity index (χ4n) is 2.80. The lowest BCUT2D eigenvalue weighted by molar-refractivity contribution is 0.405. The maximum absolute atomic E-state index is 14.1. The minimum absolute atomic E-state index is 0.330. The monoisotopic (exact) mass is 426 g/mol. The summed E-state index contributed by atoms with van der Waals surface area (Å²) in [4.78, 5) is 1.64. The number of nitriles is 1. The summed E-state index contributed by atoms with van der Waals surface area (Å²) in [5, 5.41) is 9.17. The highest BCUT2D eigenvalue weighted by molar-refractivity contribution is 9.10. The molecule has 0 aliphatic carbocycles. The molecule has 1 aromatic heterocycles. The molecule has 0 unspecified atom stereocenters. The van der Waals surface area contributed by atoms with Crippen LogP contribution < -0.4 is 0 Å². The van der Waals surface area contributed by atoms with Gasteiger partial charge in [0, 0.05) is 11.4 Å². The third kappa shape index (κ3) is 2.97. The zero-order valence-corrected chi connectivity index (χ0v) is 16.7. The highest BCUT2D eigenvalue weighted by Crippen LogP contribution is 2.46. The molecule has 2 atom stereocenters. The van der Waals surface area contributed by atoms with Crippen molar-refractivity contribution in [3.05, 3.63) is 55.4 Å². The first-order valence-electron chi connectivity index (χ1n) is 7.39. The molecule has 126 valence electrons. The van der Waals surface area contributed by atoms with Crippen LogP contribution in [0.5, 0.6) is 0 Å². The molecule has 0 fully saturated rings. The normalized spacial score (nSPS) is 19.1. The van der Waals surface area contributed by atoms with Crippen LogP contribution in [0.3, 0.4) is 0 Å². The Kier molecular flexibility index (Phi) is 4.69. The van der Waals surface area contributed by atoms with Gasteiger partial charge < -0.3 is 0 Å². The first-order valence-corrected chi connectivity index (χ1v) is 10.1. The Morgan fingerprint density at radius 3 is 2.75 bits per heavy atom. The Labute approximate surface area is 155 Å². The van der Waals surface area contributed by atoms with Crippen molar-refractivity contribution in [3.63, 3.8) is 0 Å². The number of hydrogen-bond acceptors (Lipinski definition) is 3. The van der Waals surface area contributed by atoms with Crippen molar-refractivity contribution in [2.24, 2.45) is 0 Å². The maximum atomic E-state index is 14.1. The standard InChI is InChI=1S/C17H16BrFN2OS2/c1-17(2,3)24(22)21-9-14-12(7-10(8-20)23-14)16(21)11-5-4-6-13(19)15(11)18/h4-7,16H,9H2,1-3H3/t16-,24+/m0/s1. The molecule has 1 aliphatic heterocycles. The molecule has 7 heteroatoms. The Bertz CT molecular complexity index is 866. The van der Waals surface area contributed by atoms with E-state index < -0.39 is 15.7 Å². The summed E-state index contributed by atoms with van der Waals surface area (Å²) in [6.45, 7) is 6.27. The van der Waals surface area contributed by atoms with Gasteiger partial charge in [-0.25, -0.2) is 12.9 Å². The van der Waals surface area contributed by atoms with Gasteiger partial charge in [0.15, 0.2) is 0 Å². The molecular formula is C17H16BrFN2OS2. The van der Waals surface area contributed by atoms with Gasteiger partial charge in [0.1, 0.15) is 27.7 Å². The van der Waals surface area contributed by atoms with Crippen molar-refractivity contribution in [1.82, 2.24) is 4.31 Å². The van der Waals surface area contributed by atoms with Gasteiger partial charge in [-0.15, -0.1) is 11.3 Å². The number of hydrogen-bond donors (Lipinski definition) is 0. The average Bonchev–Trinajstić information content (AvgIpc) is 3.05. The summed E-state index contributed by atoms with van der Waals surface area (Å²) in [7, 11) is -1.26. The molecule has 0 saturated heterocycles. The van der Waals surface area contributed by atoms with E-state index in [1.807, 2.05) is 37.2 Å². The van der Waals surface area contributed by atoms with Gasteiger partial charge in [0.05, 0.1) is 15.3 Å². The van der Waals surface area contributed by atoms with E-state index in [0.29, 0.717) is 15.9 Å². The Morgan fingerprint density at radius 2 is 2.12 bits per heavy atom. The van der Waals surface area contributed by atoms with Crippen LogP contribution >= 0.6 is 27.3 Å². The fraction of sp³-hybridized carbons (Fsp3) is 0.353. The SMILES string of the molecule is CC(C)(C)[S@@](=O)N1Cc2sc(C#N)cc2[C@@H]1c1cccc(F)c1Br. The second-order valence-electron chi connectivity index (χ2n) is 6.58. The highest BCUT2D eigenvalue weighted by atomic mass is 79.9. The van der Waals surface area contributed by atoms with E-state index in [1.54, 1.807) is 6.07 Å². The van der Waals surface area contributed by atoms with Gasteiger partial charge in [-0.3, -0.25) is 0 Å². The largest absolute Gasteiger partial charge is 0.242 e. The molecule has 0 amide bonds. The van der Waals surface area contributed by atoms with Crippen LogP contribution in [0.4, 0.5) is 4.39 Å². The molecule has 0 bridgehead atoms. The first-order chi connectivity index (χ1) is 11.2. The summed E-state index contributed by atoms with van der Waals surface area (Å²) in [5.74, 6) is -0.349. The van der Waals surface area contributed by atoms with E-state index >= 15 is 0 Å². The van der Waals surface area contributed by atoms with E-state index in [-0.39, 0.29) is 11.9 Å². The average molecular weight is 427 g/mol. The number of fused-ring (bicyclic) bond motifs is 1. The van der Waals surface area contributed by atoms with E-state index in [0.717, 1.165) is 16.0 Å². The summed E-state index contributed by atoms with van der Waals surface area (Å²) < 4.78 is 28.9. The van der Waals surface area contributed by atoms with E-state index in [4.69, 9.17) is 0 Å². The van der Waals surface area contributed by atoms with E-state index in [9.17, 15) is 13.9 Å². The van der Waals surface area contributed by atoms with Crippen LogP contribution in [-0.4, -0.2) is 13.3 Å². The molecule has 1 aliphatic rings. The summed E-state index contributed by atoms with van der Waals surface area (Å²) in [6.07, 6.45) is 0. The molecule has 1 aromatic carbocycles. The van der Waals surface area contributed by atoms with Crippen molar-refractivity contribution in [3.8, 4) is 6.07 Å². The molecular weight excluding hydrogens is 411 g/mol. The second kappa shape index (κ2) is 6.34. The lowest BCUT2D eigenvalue weighted by atomic mass is 10.0. The lowest BCUT2D eigenvalue weighted by Crippen LogP contribution is -2.37. The minimum Gasteiger partial charge on any atom is -0.242 e. The fourth-order valence-corrected chi connectivity index (χ4v) is 5.72. The van der Waals surface area contributed by atoms with Crippen molar-refractivity contribution in [1.29, 1.82) is 5.26 Å². The van der Waals surface area contributed by atoms with Crippen LogP contribution in [0, 0.1) is 17.1 Å². The van der Waals surface area contributed by atoms with Crippen LogP contribution in [0.15, 0.2) is 28.7 Å². The minimum atomic E-state index is -1.26. The Morgan fingerprint density at radius 1 is 1.42 bits per heavy atom. The molecule has 3 rings (SSSR count). The van der Waals surface area contributed by atoms with Crippen molar-refractivity contribution < 1.29 is 8.60 Å². The van der Waals surface area contributed by atoms with Gasteiger partial charge in [-0.05, 0) is 60.0 Å². The van der Waals surface area contributed by atoms with Gasteiger partial charge in [0.25, 0.3) is 0 Å².